The molecule has 10 heteroatoms. The average Bonchev–Trinajstić information content (AvgIpc) is 3.47. The van der Waals surface area contributed by atoms with E-state index in [4.69, 9.17) is 0 Å². The van der Waals surface area contributed by atoms with Gasteiger partial charge in [-0.1, -0.05) is 18.2 Å². The molecule has 1 saturated heterocycles. The molecule has 1 aliphatic rings. The van der Waals surface area contributed by atoms with Crippen molar-refractivity contribution in [1.82, 2.24) is 34.0 Å². The molecule has 1 aromatic carbocycles. The van der Waals surface area contributed by atoms with E-state index in [2.05, 4.69) is 25.4 Å². The van der Waals surface area contributed by atoms with E-state index < -0.39 is 10.0 Å². The van der Waals surface area contributed by atoms with Crippen molar-refractivity contribution in [2.45, 2.75) is 11.4 Å². The minimum Gasteiger partial charge on any atom is -0.314 e. The van der Waals surface area contributed by atoms with Gasteiger partial charge in [-0.25, -0.2) is 17.4 Å². The average molecular weight is 474 g/mol. The van der Waals surface area contributed by atoms with E-state index in [0.29, 0.717) is 17.9 Å². The zero-order valence-electron chi connectivity index (χ0n) is 18.4. The van der Waals surface area contributed by atoms with Crippen molar-refractivity contribution in [3.8, 4) is 11.1 Å². The zero-order chi connectivity index (χ0) is 23.1. The fourth-order valence-electron chi connectivity index (χ4n) is 4.58. The molecule has 4 aromatic heterocycles. The standard InChI is InChI=1S/C24H23N7O2S/c32-34(33,19-5-2-1-3-6-19)30-18(17-29-13-11-25-12-14-29)15-21-20(8-10-26-24(21)30)22-16-28-31-23(22)7-4-9-27-31/h1-10,15-16,25H,11-14,17H2. The summed E-state index contributed by atoms with van der Waals surface area (Å²) in [6.07, 6.45) is 5.10. The van der Waals surface area contributed by atoms with Crippen LogP contribution in [0, 0.1) is 0 Å². The van der Waals surface area contributed by atoms with E-state index in [1.165, 1.54) is 3.97 Å². The molecule has 1 aliphatic heterocycles. The summed E-state index contributed by atoms with van der Waals surface area (Å²) in [7, 11) is -3.85. The Morgan fingerprint density at radius 3 is 2.56 bits per heavy atom. The molecule has 5 aromatic rings. The monoisotopic (exact) mass is 473 g/mol. The Morgan fingerprint density at radius 1 is 0.912 bits per heavy atom. The van der Waals surface area contributed by atoms with E-state index in [1.54, 1.807) is 47.5 Å². The van der Waals surface area contributed by atoms with Gasteiger partial charge in [0.1, 0.15) is 0 Å². The molecule has 34 heavy (non-hydrogen) atoms. The van der Waals surface area contributed by atoms with Gasteiger partial charge in [-0.15, -0.1) is 0 Å². The number of hydrogen-bond donors (Lipinski definition) is 1. The maximum atomic E-state index is 13.8. The largest absolute Gasteiger partial charge is 0.314 e. The second kappa shape index (κ2) is 8.32. The molecule has 0 spiro atoms. The molecule has 0 radical (unpaired) electrons. The molecule has 0 saturated carbocycles. The van der Waals surface area contributed by atoms with E-state index >= 15 is 0 Å². The van der Waals surface area contributed by atoms with Gasteiger partial charge < -0.3 is 5.32 Å². The van der Waals surface area contributed by atoms with E-state index in [0.717, 1.165) is 48.2 Å². The van der Waals surface area contributed by atoms with Crippen LogP contribution in [0.15, 0.2) is 78.1 Å². The Morgan fingerprint density at radius 2 is 1.74 bits per heavy atom. The molecule has 1 fully saturated rings. The summed E-state index contributed by atoms with van der Waals surface area (Å²) in [5.41, 5.74) is 3.70. The van der Waals surface area contributed by atoms with Gasteiger partial charge in [0.2, 0.25) is 0 Å². The second-order valence-corrected chi connectivity index (χ2v) is 10.1. The fraction of sp³-hybridized carbons (Fsp3) is 0.208. The summed E-state index contributed by atoms with van der Waals surface area (Å²) in [6, 6.07) is 16.2. The van der Waals surface area contributed by atoms with Gasteiger partial charge >= 0.3 is 0 Å². The molecule has 0 atom stereocenters. The van der Waals surface area contributed by atoms with Crippen LogP contribution in [-0.4, -0.2) is 63.3 Å². The lowest BCUT2D eigenvalue weighted by Gasteiger charge is -2.27. The van der Waals surface area contributed by atoms with Crippen molar-refractivity contribution in [2.24, 2.45) is 0 Å². The van der Waals surface area contributed by atoms with Crippen LogP contribution >= 0.6 is 0 Å². The first-order valence-corrected chi connectivity index (χ1v) is 12.6. The Balaban J connectivity index is 1.59. The van der Waals surface area contributed by atoms with Crippen molar-refractivity contribution in [3.63, 3.8) is 0 Å². The van der Waals surface area contributed by atoms with Crippen LogP contribution in [0.25, 0.3) is 27.7 Å². The van der Waals surface area contributed by atoms with Crippen LogP contribution in [0.4, 0.5) is 0 Å². The Kier molecular flexibility index (Phi) is 5.13. The van der Waals surface area contributed by atoms with Crippen molar-refractivity contribution >= 4 is 26.6 Å². The third-order valence-corrected chi connectivity index (χ3v) is 7.96. The lowest BCUT2D eigenvalue weighted by atomic mass is 10.1. The molecule has 0 amide bonds. The van der Waals surface area contributed by atoms with Crippen LogP contribution in [-0.2, 0) is 16.6 Å². The number of nitrogens with one attached hydrogen (secondary N) is 1. The Bertz CT molecular complexity index is 1590. The molecule has 6 rings (SSSR count). The van der Waals surface area contributed by atoms with Crippen LogP contribution < -0.4 is 5.32 Å². The summed E-state index contributed by atoms with van der Waals surface area (Å²) in [4.78, 5) is 7.05. The van der Waals surface area contributed by atoms with Crippen LogP contribution in [0.5, 0.6) is 0 Å². The van der Waals surface area contributed by atoms with Gasteiger partial charge in [0.05, 0.1) is 22.3 Å². The normalized spacial score (nSPS) is 15.3. The lowest BCUT2D eigenvalue weighted by molar-refractivity contribution is 0.230. The summed E-state index contributed by atoms with van der Waals surface area (Å²) in [5.74, 6) is 0. The van der Waals surface area contributed by atoms with Gasteiger partial charge in [0, 0.05) is 56.1 Å². The highest BCUT2D eigenvalue weighted by atomic mass is 32.2. The summed E-state index contributed by atoms with van der Waals surface area (Å²) < 4.78 is 30.7. The zero-order valence-corrected chi connectivity index (χ0v) is 19.2. The highest BCUT2D eigenvalue weighted by Gasteiger charge is 2.27. The first-order chi connectivity index (χ1) is 16.6. The second-order valence-electron chi connectivity index (χ2n) is 8.30. The van der Waals surface area contributed by atoms with E-state index in [-0.39, 0.29) is 4.90 Å². The molecule has 172 valence electrons. The maximum absolute atomic E-state index is 13.8. The quantitative estimate of drug-likeness (QED) is 0.419. The molecule has 9 nitrogen and oxygen atoms in total. The van der Waals surface area contributed by atoms with Crippen LogP contribution in [0.2, 0.25) is 0 Å². The highest BCUT2D eigenvalue weighted by Crippen LogP contribution is 2.34. The minimum absolute atomic E-state index is 0.237. The van der Waals surface area contributed by atoms with Gasteiger partial charge in [-0.05, 0) is 42.0 Å². The number of benzene rings is 1. The van der Waals surface area contributed by atoms with Gasteiger partial charge in [0.15, 0.2) is 5.65 Å². The number of fused-ring (bicyclic) bond motifs is 2. The van der Waals surface area contributed by atoms with E-state index in [1.807, 2.05) is 30.3 Å². The first-order valence-electron chi connectivity index (χ1n) is 11.2. The molecule has 5 heterocycles. The third kappa shape index (κ3) is 3.47. The molecular weight excluding hydrogens is 450 g/mol. The third-order valence-electron chi connectivity index (χ3n) is 6.20. The first kappa shape index (κ1) is 21.0. The number of hydrogen-bond acceptors (Lipinski definition) is 7. The Hall–Kier alpha value is -3.60. The summed E-state index contributed by atoms with van der Waals surface area (Å²) >= 11 is 0. The smallest absolute Gasteiger partial charge is 0.269 e. The summed E-state index contributed by atoms with van der Waals surface area (Å²) in [6.45, 7) is 3.98. The number of pyridine rings is 1. The molecule has 0 bridgehead atoms. The number of rotatable bonds is 5. The fourth-order valence-corrected chi connectivity index (χ4v) is 6.08. The predicted octanol–water partition coefficient (Wildman–Crippen LogP) is 2.39. The topological polar surface area (TPSA) is 97.4 Å². The van der Waals surface area contributed by atoms with Crippen molar-refractivity contribution in [2.75, 3.05) is 26.2 Å². The maximum Gasteiger partial charge on any atom is 0.269 e. The molecule has 0 unspecified atom stereocenters. The summed E-state index contributed by atoms with van der Waals surface area (Å²) in [5, 5.41) is 12.7. The van der Waals surface area contributed by atoms with Crippen molar-refractivity contribution in [3.05, 3.63) is 78.9 Å². The molecular formula is C24H23N7O2S. The van der Waals surface area contributed by atoms with E-state index in [9.17, 15) is 8.42 Å². The van der Waals surface area contributed by atoms with Crippen molar-refractivity contribution < 1.29 is 8.42 Å². The van der Waals surface area contributed by atoms with Gasteiger partial charge in [-0.3, -0.25) is 4.90 Å². The van der Waals surface area contributed by atoms with Crippen molar-refractivity contribution in [1.29, 1.82) is 0 Å². The number of aromatic nitrogens is 5. The molecule has 1 N–H and O–H groups in total. The lowest BCUT2D eigenvalue weighted by Crippen LogP contribution is -2.43. The number of piperazine rings is 1. The SMILES string of the molecule is O=S(=O)(c1ccccc1)n1c(CN2CCNCC2)cc2c(-c3cnn4ncccc34)ccnc21. The Labute approximate surface area is 196 Å². The van der Waals surface area contributed by atoms with Gasteiger partial charge in [0.25, 0.3) is 10.0 Å². The highest BCUT2D eigenvalue weighted by molar-refractivity contribution is 7.90. The van der Waals surface area contributed by atoms with Crippen LogP contribution in [0.3, 0.4) is 0 Å². The minimum atomic E-state index is -3.85. The van der Waals surface area contributed by atoms with Crippen LogP contribution in [0.1, 0.15) is 5.69 Å². The number of nitrogens with zero attached hydrogens (tertiary/aromatic N) is 6. The van der Waals surface area contributed by atoms with Gasteiger partial charge in [-0.2, -0.15) is 14.8 Å². The molecule has 0 aliphatic carbocycles. The predicted molar refractivity (Wildman–Crippen MR) is 129 cm³/mol.